The first kappa shape index (κ1) is 18.5. The summed E-state index contributed by atoms with van der Waals surface area (Å²) in [5.74, 6) is 0.788. The van der Waals surface area contributed by atoms with E-state index in [0.717, 1.165) is 39.3 Å². The highest BCUT2D eigenvalue weighted by molar-refractivity contribution is 7.92. The van der Waals surface area contributed by atoms with Crippen molar-refractivity contribution in [1.29, 1.82) is 0 Å². The van der Waals surface area contributed by atoms with Crippen LogP contribution in [-0.4, -0.2) is 13.0 Å². The van der Waals surface area contributed by atoms with Gasteiger partial charge in [0.2, 0.25) is 4.80 Å². The summed E-state index contributed by atoms with van der Waals surface area (Å²) in [6.07, 6.45) is 0. The molecule has 0 saturated heterocycles. The maximum atomic E-state index is 12.6. The number of benzene rings is 1. The molecule has 0 amide bonds. The number of thiazole rings is 1. The Kier molecular flexibility index (Phi) is 4.75. The second-order valence-corrected chi connectivity index (χ2v) is 10.2. The molecule has 0 aliphatic carbocycles. The van der Waals surface area contributed by atoms with Gasteiger partial charge >= 0.3 is 0 Å². The van der Waals surface area contributed by atoms with Gasteiger partial charge in [-0.15, -0.1) is 27.1 Å². The molecule has 0 spiro atoms. The van der Waals surface area contributed by atoms with Gasteiger partial charge in [-0.1, -0.05) is 29.8 Å². The van der Waals surface area contributed by atoms with Gasteiger partial charge in [0.25, 0.3) is 10.0 Å². The maximum Gasteiger partial charge on any atom is 0.294 e. The van der Waals surface area contributed by atoms with Crippen LogP contribution in [0.15, 0.2) is 54.8 Å². The Labute approximate surface area is 169 Å². The molecule has 1 aromatic carbocycles. The third kappa shape index (κ3) is 3.27. The Hall–Kier alpha value is -1.87. The van der Waals surface area contributed by atoms with E-state index in [-0.39, 0.29) is 4.21 Å². The van der Waals surface area contributed by atoms with E-state index in [1.165, 1.54) is 17.4 Å². The molecule has 0 bridgehead atoms. The highest BCUT2D eigenvalue weighted by Crippen LogP contribution is 2.34. The minimum atomic E-state index is -3.81. The van der Waals surface area contributed by atoms with E-state index in [4.69, 9.17) is 16.0 Å². The molecule has 0 radical (unpaired) electrons. The van der Waals surface area contributed by atoms with Crippen LogP contribution >= 0.6 is 34.3 Å². The summed E-state index contributed by atoms with van der Waals surface area (Å²) in [4.78, 5) is 0.418. The number of para-hydroxylation sites is 1. The number of hydrogen-bond donors (Lipinski definition) is 0. The molecule has 0 aliphatic heterocycles. The second-order valence-electron chi connectivity index (χ2n) is 5.80. The largest absolute Gasteiger partial charge is 0.461 e. The zero-order chi connectivity index (χ0) is 19.2. The van der Waals surface area contributed by atoms with Crippen LogP contribution in [0.3, 0.4) is 0 Å². The van der Waals surface area contributed by atoms with Crippen LogP contribution in [0, 0.1) is 6.92 Å². The summed E-state index contributed by atoms with van der Waals surface area (Å²) in [7, 11) is -3.81. The number of fused-ring (bicyclic) bond motifs is 1. The van der Waals surface area contributed by atoms with E-state index in [0.29, 0.717) is 15.7 Å². The van der Waals surface area contributed by atoms with Gasteiger partial charge in [0, 0.05) is 22.9 Å². The Bertz CT molecular complexity index is 1310. The van der Waals surface area contributed by atoms with E-state index < -0.39 is 10.0 Å². The lowest BCUT2D eigenvalue weighted by molar-refractivity contribution is 0.579. The Morgan fingerprint density at radius 3 is 2.70 bits per heavy atom. The highest BCUT2D eigenvalue weighted by atomic mass is 35.5. The quantitative estimate of drug-likeness (QED) is 0.434. The smallest absolute Gasteiger partial charge is 0.294 e. The average molecular weight is 439 g/mol. The number of aryl methyl sites for hydroxylation is 1. The number of furan rings is 1. The summed E-state index contributed by atoms with van der Waals surface area (Å²) < 4.78 is 37.6. The van der Waals surface area contributed by atoms with Crippen molar-refractivity contribution in [3.05, 3.63) is 56.7 Å². The molecule has 0 atom stereocenters. The number of hydrogen-bond acceptors (Lipinski definition) is 5. The molecule has 140 valence electrons. The van der Waals surface area contributed by atoms with Crippen LogP contribution in [0.25, 0.3) is 22.2 Å². The Morgan fingerprint density at radius 2 is 2.00 bits per heavy atom. The molecule has 3 aromatic heterocycles. The van der Waals surface area contributed by atoms with Gasteiger partial charge in [0.05, 0.1) is 10.0 Å². The van der Waals surface area contributed by atoms with Gasteiger partial charge in [-0.2, -0.15) is 8.42 Å². The minimum Gasteiger partial charge on any atom is -0.461 e. The fraction of sp³-hybridized carbons (Fsp3) is 0.167. The highest BCUT2D eigenvalue weighted by Gasteiger charge is 2.19. The number of rotatable bonds is 4. The van der Waals surface area contributed by atoms with Gasteiger partial charge in [-0.05, 0) is 32.0 Å². The topological polar surface area (TPSA) is 64.6 Å². The summed E-state index contributed by atoms with van der Waals surface area (Å²) >= 11 is 8.16. The fourth-order valence-corrected chi connectivity index (χ4v) is 6.61. The molecular weight excluding hydrogens is 424 g/mol. The van der Waals surface area contributed by atoms with E-state index >= 15 is 0 Å². The second kappa shape index (κ2) is 6.94. The lowest BCUT2D eigenvalue weighted by atomic mass is 10.1. The average Bonchev–Trinajstić information content (AvgIpc) is 3.31. The van der Waals surface area contributed by atoms with Crippen molar-refractivity contribution in [2.75, 3.05) is 0 Å². The van der Waals surface area contributed by atoms with Crippen molar-refractivity contribution in [1.82, 2.24) is 4.57 Å². The van der Waals surface area contributed by atoms with Gasteiger partial charge in [0.1, 0.15) is 15.6 Å². The normalized spacial score (nSPS) is 12.9. The first-order valence-corrected chi connectivity index (χ1v) is 11.7. The fourth-order valence-electron chi connectivity index (χ4n) is 2.98. The SMILES string of the molecule is CCn1c(-c2c(C)oc3ccccc23)cs/c1=N/S(=O)(=O)c1ccc(Cl)s1. The minimum absolute atomic E-state index is 0.134. The summed E-state index contributed by atoms with van der Waals surface area (Å²) in [6.45, 7) is 4.45. The van der Waals surface area contributed by atoms with Crippen molar-refractivity contribution < 1.29 is 12.8 Å². The van der Waals surface area contributed by atoms with E-state index in [2.05, 4.69) is 4.40 Å². The number of aromatic nitrogens is 1. The van der Waals surface area contributed by atoms with E-state index in [1.807, 2.05) is 48.1 Å². The van der Waals surface area contributed by atoms with Gasteiger partial charge < -0.3 is 8.98 Å². The van der Waals surface area contributed by atoms with Crippen molar-refractivity contribution in [3.8, 4) is 11.3 Å². The van der Waals surface area contributed by atoms with Crippen molar-refractivity contribution in [2.24, 2.45) is 4.40 Å². The zero-order valence-corrected chi connectivity index (χ0v) is 17.7. The molecule has 0 fully saturated rings. The van der Waals surface area contributed by atoms with Crippen molar-refractivity contribution >= 4 is 55.3 Å². The predicted molar refractivity (Wildman–Crippen MR) is 110 cm³/mol. The number of thiophene rings is 1. The molecular formula is C18H15ClN2O3S3. The zero-order valence-electron chi connectivity index (χ0n) is 14.5. The molecule has 3 heterocycles. The third-order valence-electron chi connectivity index (χ3n) is 4.14. The molecule has 27 heavy (non-hydrogen) atoms. The molecule has 9 heteroatoms. The van der Waals surface area contributed by atoms with Gasteiger partial charge in [0.15, 0.2) is 0 Å². The standard InChI is InChI=1S/C18H15ClN2O3S3/c1-3-21-13(17-11(2)24-14-7-5-4-6-12(14)17)10-25-18(21)20-27(22,23)16-9-8-15(19)26-16/h4-10H,3H2,1-2H3/b20-18+. The molecule has 4 aromatic rings. The van der Waals surface area contributed by atoms with Crippen LogP contribution in [0.2, 0.25) is 4.34 Å². The molecule has 0 unspecified atom stereocenters. The number of nitrogens with zero attached hydrogens (tertiary/aromatic N) is 2. The molecule has 0 N–H and O–H groups in total. The first-order valence-electron chi connectivity index (χ1n) is 8.14. The Balaban J connectivity index is 1.92. The summed E-state index contributed by atoms with van der Waals surface area (Å²) in [5.41, 5.74) is 2.66. The van der Waals surface area contributed by atoms with Crippen LogP contribution < -0.4 is 4.80 Å². The first-order chi connectivity index (χ1) is 12.9. The molecule has 0 saturated carbocycles. The molecule has 4 rings (SSSR count). The summed E-state index contributed by atoms with van der Waals surface area (Å²) in [6, 6.07) is 10.8. The lowest BCUT2D eigenvalue weighted by Gasteiger charge is -2.05. The number of sulfonamides is 1. The molecule has 0 aliphatic rings. The van der Waals surface area contributed by atoms with Crippen molar-refractivity contribution in [3.63, 3.8) is 0 Å². The summed E-state index contributed by atoms with van der Waals surface area (Å²) in [5, 5.41) is 2.92. The van der Waals surface area contributed by atoms with Crippen LogP contribution in [0.5, 0.6) is 0 Å². The maximum absolute atomic E-state index is 12.6. The van der Waals surface area contributed by atoms with Crippen LogP contribution in [0.1, 0.15) is 12.7 Å². The van der Waals surface area contributed by atoms with Crippen LogP contribution in [-0.2, 0) is 16.6 Å². The Morgan fingerprint density at radius 1 is 1.22 bits per heavy atom. The van der Waals surface area contributed by atoms with Crippen LogP contribution in [0.4, 0.5) is 0 Å². The lowest BCUT2D eigenvalue weighted by Crippen LogP contribution is -2.17. The van der Waals surface area contributed by atoms with Gasteiger partial charge in [-0.3, -0.25) is 0 Å². The predicted octanol–water partition coefficient (Wildman–Crippen LogP) is 5.30. The van der Waals surface area contributed by atoms with Gasteiger partial charge in [-0.25, -0.2) is 0 Å². The van der Waals surface area contributed by atoms with Crippen molar-refractivity contribution in [2.45, 2.75) is 24.6 Å². The molecule has 5 nitrogen and oxygen atoms in total. The van der Waals surface area contributed by atoms with E-state index in [1.54, 1.807) is 6.07 Å². The monoisotopic (exact) mass is 438 g/mol. The number of halogens is 1. The third-order valence-corrected chi connectivity index (χ3v) is 8.09. The van der Waals surface area contributed by atoms with E-state index in [9.17, 15) is 8.42 Å².